The molecule has 34 heavy (non-hydrogen) atoms. The lowest BCUT2D eigenvalue weighted by atomic mass is 9.85. The molecule has 12 heteroatoms. The Labute approximate surface area is 199 Å². The highest BCUT2D eigenvalue weighted by atomic mass is 35.5. The Hall–Kier alpha value is -3.05. The number of amides is 1. The van der Waals surface area contributed by atoms with E-state index in [1.54, 1.807) is 6.20 Å². The molecule has 4 N–H and O–H groups in total. The smallest absolute Gasteiger partial charge is 0.225 e. The van der Waals surface area contributed by atoms with Crippen LogP contribution in [0.1, 0.15) is 38.1 Å². The van der Waals surface area contributed by atoms with Gasteiger partial charge in [-0.3, -0.25) is 9.36 Å². The number of hydrogen-bond donors (Lipinski definition) is 3. The molecule has 0 radical (unpaired) electrons. The van der Waals surface area contributed by atoms with Crippen LogP contribution in [0.25, 0.3) is 11.2 Å². The number of nitrogens with zero attached hydrogens (tertiary/aromatic N) is 4. The third kappa shape index (κ3) is 4.49. The average molecular weight is 492 g/mol. The van der Waals surface area contributed by atoms with E-state index in [9.17, 15) is 13.6 Å². The first-order chi connectivity index (χ1) is 16.4. The summed E-state index contributed by atoms with van der Waals surface area (Å²) in [7, 11) is 0. The van der Waals surface area contributed by atoms with Crippen molar-refractivity contribution in [3.05, 3.63) is 35.0 Å². The lowest BCUT2D eigenvalue weighted by molar-refractivity contribution is -0.122. The number of anilines is 3. The number of benzene rings is 1. The zero-order valence-electron chi connectivity index (χ0n) is 18.2. The maximum Gasteiger partial charge on any atom is 0.225 e. The minimum absolute atomic E-state index is 0.0451. The fraction of sp³-hybridized carbons (Fsp3) is 0.455. The number of imidazole rings is 1. The highest BCUT2D eigenvalue weighted by Gasteiger charge is 2.30. The van der Waals surface area contributed by atoms with Crippen LogP contribution in [0, 0.1) is 17.6 Å². The fourth-order valence-corrected chi connectivity index (χ4v) is 4.81. The van der Waals surface area contributed by atoms with Crippen molar-refractivity contribution in [2.75, 3.05) is 23.8 Å². The van der Waals surface area contributed by atoms with Gasteiger partial charge in [0.05, 0.1) is 18.8 Å². The summed E-state index contributed by atoms with van der Waals surface area (Å²) in [6.45, 7) is 1.24. The third-order valence-corrected chi connectivity index (χ3v) is 6.62. The summed E-state index contributed by atoms with van der Waals surface area (Å²) in [5.41, 5.74) is 6.13. The lowest BCUT2D eigenvalue weighted by Gasteiger charge is -2.29. The molecule has 2 aromatic heterocycles. The lowest BCUT2D eigenvalue weighted by Crippen LogP contribution is -2.29. The molecule has 9 nitrogen and oxygen atoms in total. The van der Waals surface area contributed by atoms with Gasteiger partial charge in [-0.15, -0.1) is 0 Å². The van der Waals surface area contributed by atoms with Crippen LogP contribution in [0.5, 0.6) is 0 Å². The van der Waals surface area contributed by atoms with Gasteiger partial charge in [-0.25, -0.2) is 18.7 Å². The number of nitrogens with two attached hydrogens (primary N) is 1. The van der Waals surface area contributed by atoms with Crippen molar-refractivity contribution in [1.82, 2.24) is 19.5 Å². The predicted molar refractivity (Wildman–Crippen MR) is 123 cm³/mol. The van der Waals surface area contributed by atoms with Gasteiger partial charge in [-0.1, -0.05) is 11.6 Å². The molecule has 1 amide bonds. The van der Waals surface area contributed by atoms with Gasteiger partial charge in [0.15, 0.2) is 17.3 Å². The molecule has 0 bridgehead atoms. The number of aromatic nitrogens is 4. The summed E-state index contributed by atoms with van der Waals surface area (Å²) in [5, 5.41) is 6.01. The van der Waals surface area contributed by atoms with Crippen LogP contribution < -0.4 is 16.4 Å². The Morgan fingerprint density at radius 1 is 1.15 bits per heavy atom. The minimum atomic E-state index is -0.837. The summed E-state index contributed by atoms with van der Waals surface area (Å²) in [5.74, 6) is -1.53. The largest absolute Gasteiger partial charge is 0.379 e. The highest BCUT2D eigenvalue weighted by molar-refractivity contribution is 6.30. The molecule has 1 atom stereocenters. The van der Waals surface area contributed by atoms with Crippen LogP contribution in [-0.4, -0.2) is 44.7 Å². The molecule has 0 spiro atoms. The van der Waals surface area contributed by atoms with Crippen LogP contribution in [0.3, 0.4) is 0 Å². The SMILES string of the molecule is NC(=O)C1CCC(n2c(Nc3c(F)cc(Cl)cc3F)nc3cnc(NC4CCOC4)nc32)CC1. The van der Waals surface area contributed by atoms with Gasteiger partial charge in [-0.05, 0) is 44.2 Å². The third-order valence-electron chi connectivity index (χ3n) is 6.40. The second-order valence-corrected chi connectivity index (χ2v) is 9.13. The van der Waals surface area contributed by atoms with E-state index in [2.05, 4.69) is 25.6 Å². The molecule has 3 aromatic rings. The molecule has 2 fully saturated rings. The second kappa shape index (κ2) is 9.30. The van der Waals surface area contributed by atoms with Crippen molar-refractivity contribution >= 4 is 46.3 Å². The molecule has 3 heterocycles. The van der Waals surface area contributed by atoms with Gasteiger partial charge in [-0.2, -0.15) is 4.98 Å². The molecule has 1 aliphatic heterocycles. The van der Waals surface area contributed by atoms with Crippen LogP contribution in [-0.2, 0) is 9.53 Å². The predicted octanol–water partition coefficient (Wildman–Crippen LogP) is 3.92. The first-order valence-corrected chi connectivity index (χ1v) is 11.6. The van der Waals surface area contributed by atoms with Crippen molar-refractivity contribution in [3.8, 4) is 0 Å². The van der Waals surface area contributed by atoms with E-state index in [1.807, 2.05) is 4.57 Å². The molecule has 1 saturated heterocycles. The summed E-state index contributed by atoms with van der Waals surface area (Å²) >= 11 is 5.77. The van der Waals surface area contributed by atoms with Crippen molar-refractivity contribution < 1.29 is 18.3 Å². The Morgan fingerprint density at radius 3 is 2.53 bits per heavy atom. The van der Waals surface area contributed by atoms with E-state index in [1.165, 1.54) is 0 Å². The van der Waals surface area contributed by atoms with Gasteiger partial charge in [0, 0.05) is 23.6 Å². The van der Waals surface area contributed by atoms with E-state index >= 15 is 0 Å². The number of carbonyl (C=O) groups excluding carboxylic acids is 1. The zero-order chi connectivity index (χ0) is 23.8. The summed E-state index contributed by atoms with van der Waals surface area (Å²) in [4.78, 5) is 25.2. The van der Waals surface area contributed by atoms with Gasteiger partial charge >= 0.3 is 0 Å². The number of primary amides is 1. The van der Waals surface area contributed by atoms with Crippen molar-refractivity contribution in [1.29, 1.82) is 0 Å². The monoisotopic (exact) mass is 491 g/mol. The summed E-state index contributed by atoms with van der Waals surface area (Å²) in [6.07, 6.45) is 4.92. The Kier molecular flexibility index (Phi) is 6.22. The van der Waals surface area contributed by atoms with E-state index in [0.717, 1.165) is 18.6 Å². The summed E-state index contributed by atoms with van der Waals surface area (Å²) < 4.78 is 36.3. The molecule has 1 unspecified atom stereocenters. The standard InChI is InChI=1S/C22H24ClF2N7O2/c23-12-7-15(24)18(16(25)8-12)30-22-29-17-9-27-21(28-13-5-6-34-10-13)31-20(17)32(22)14-3-1-11(2-4-14)19(26)33/h7-9,11,13-14H,1-6,10H2,(H2,26,33)(H,29,30)(H,27,28,31). The molecular weight excluding hydrogens is 468 g/mol. The molecule has 5 rings (SSSR count). The van der Waals surface area contributed by atoms with Gasteiger partial charge in [0.25, 0.3) is 0 Å². The van der Waals surface area contributed by atoms with Gasteiger partial charge in [0.1, 0.15) is 11.2 Å². The quantitative estimate of drug-likeness (QED) is 0.478. The number of rotatable bonds is 6. The van der Waals surface area contributed by atoms with Crippen molar-refractivity contribution in [2.45, 2.75) is 44.2 Å². The van der Waals surface area contributed by atoms with Gasteiger partial charge in [0.2, 0.25) is 17.8 Å². The van der Waals surface area contributed by atoms with Crippen LogP contribution >= 0.6 is 11.6 Å². The first-order valence-electron chi connectivity index (χ1n) is 11.2. The average Bonchev–Trinajstić information content (AvgIpc) is 3.43. The van der Waals surface area contributed by atoms with Crippen LogP contribution in [0.2, 0.25) is 5.02 Å². The number of ether oxygens (including phenoxy) is 1. The Bertz CT molecular complexity index is 1200. The maximum absolute atomic E-state index is 14.5. The van der Waals surface area contributed by atoms with E-state index in [0.29, 0.717) is 56.0 Å². The van der Waals surface area contributed by atoms with Crippen LogP contribution in [0.15, 0.2) is 18.3 Å². The molecule has 1 aliphatic carbocycles. The number of carbonyl (C=O) groups is 1. The second-order valence-electron chi connectivity index (χ2n) is 8.69. The fourth-order valence-electron chi connectivity index (χ4n) is 4.62. The number of fused-ring (bicyclic) bond motifs is 1. The van der Waals surface area contributed by atoms with Crippen molar-refractivity contribution in [3.63, 3.8) is 0 Å². The summed E-state index contributed by atoms with van der Waals surface area (Å²) in [6, 6.07) is 2.07. The molecule has 1 saturated carbocycles. The molecule has 2 aliphatic rings. The Morgan fingerprint density at radius 2 is 1.88 bits per heavy atom. The molecule has 180 valence electrons. The molecule has 1 aromatic carbocycles. The zero-order valence-corrected chi connectivity index (χ0v) is 19.0. The number of halogens is 3. The van der Waals surface area contributed by atoms with Crippen LogP contribution in [0.4, 0.5) is 26.4 Å². The maximum atomic E-state index is 14.5. The number of hydrogen-bond acceptors (Lipinski definition) is 7. The van der Waals surface area contributed by atoms with E-state index in [-0.39, 0.29) is 40.6 Å². The normalized spacial score (nSPS) is 22.7. The first kappa shape index (κ1) is 22.7. The molecular formula is C22H24ClF2N7O2. The van der Waals surface area contributed by atoms with Crippen molar-refractivity contribution in [2.24, 2.45) is 11.7 Å². The highest BCUT2D eigenvalue weighted by Crippen LogP contribution is 2.37. The van der Waals surface area contributed by atoms with Gasteiger partial charge < -0.3 is 21.1 Å². The van der Waals surface area contributed by atoms with E-state index < -0.39 is 11.6 Å². The topological polar surface area (TPSA) is 120 Å². The minimum Gasteiger partial charge on any atom is -0.379 e. The Balaban J connectivity index is 1.54. The van der Waals surface area contributed by atoms with E-state index in [4.69, 9.17) is 22.1 Å². The number of nitrogens with one attached hydrogen (secondary N) is 2.